The van der Waals surface area contributed by atoms with E-state index in [4.69, 9.17) is 11.6 Å². The number of halogens is 1. The zero-order valence-corrected chi connectivity index (χ0v) is 12.8. The number of hydrogen-bond acceptors (Lipinski definition) is 5. The van der Waals surface area contributed by atoms with Crippen LogP contribution in [0, 0.1) is 0 Å². The molecule has 0 bridgehead atoms. The first kappa shape index (κ1) is 14.1. The smallest absolute Gasteiger partial charge is 0.134 e. The zero-order valence-electron chi connectivity index (χ0n) is 12.0. The molecule has 3 rings (SSSR count). The zero-order chi connectivity index (χ0) is 14.7. The lowest BCUT2D eigenvalue weighted by molar-refractivity contribution is 0.639. The Hall–Kier alpha value is -1.88. The van der Waals surface area contributed by atoms with Gasteiger partial charge in [0.15, 0.2) is 0 Å². The first-order valence-electron chi connectivity index (χ1n) is 7.20. The summed E-state index contributed by atoms with van der Waals surface area (Å²) in [5, 5.41) is 0.518. The summed E-state index contributed by atoms with van der Waals surface area (Å²) in [5.74, 6) is 2.75. The lowest BCUT2D eigenvalue weighted by Gasteiger charge is -2.36. The van der Waals surface area contributed by atoms with Crippen molar-refractivity contribution in [2.24, 2.45) is 0 Å². The minimum atomic E-state index is 0.518. The minimum absolute atomic E-state index is 0.518. The first-order valence-corrected chi connectivity index (χ1v) is 7.58. The van der Waals surface area contributed by atoms with E-state index in [0.717, 1.165) is 50.1 Å². The van der Waals surface area contributed by atoms with E-state index in [9.17, 15) is 0 Å². The Labute approximate surface area is 129 Å². The van der Waals surface area contributed by atoms with Crippen molar-refractivity contribution < 1.29 is 0 Å². The van der Waals surface area contributed by atoms with Crippen molar-refractivity contribution in [2.45, 2.75) is 13.3 Å². The van der Waals surface area contributed by atoms with Crippen molar-refractivity contribution in [3.63, 3.8) is 0 Å². The lowest BCUT2D eigenvalue weighted by Crippen LogP contribution is -2.47. The van der Waals surface area contributed by atoms with Gasteiger partial charge in [-0.2, -0.15) is 0 Å². The maximum atomic E-state index is 6.07. The molecule has 0 spiro atoms. The Balaban J connectivity index is 1.70. The van der Waals surface area contributed by atoms with Crippen LogP contribution >= 0.6 is 11.6 Å². The average molecular weight is 304 g/mol. The molecule has 1 aliphatic heterocycles. The predicted molar refractivity (Wildman–Crippen MR) is 85.1 cm³/mol. The maximum absolute atomic E-state index is 6.07. The highest BCUT2D eigenvalue weighted by atomic mass is 35.5. The van der Waals surface area contributed by atoms with Crippen LogP contribution in [0.5, 0.6) is 0 Å². The Bertz CT molecular complexity index is 596. The van der Waals surface area contributed by atoms with Gasteiger partial charge < -0.3 is 9.80 Å². The third kappa shape index (κ3) is 3.24. The number of nitrogens with zero attached hydrogens (tertiary/aromatic N) is 5. The third-order valence-corrected chi connectivity index (χ3v) is 3.81. The molecule has 110 valence electrons. The van der Waals surface area contributed by atoms with Crippen LogP contribution in [0.2, 0.25) is 5.15 Å². The monoisotopic (exact) mass is 303 g/mol. The summed E-state index contributed by atoms with van der Waals surface area (Å²) in [4.78, 5) is 17.7. The molecule has 1 aliphatic rings. The molecule has 1 saturated heterocycles. The maximum Gasteiger partial charge on any atom is 0.134 e. The summed E-state index contributed by atoms with van der Waals surface area (Å²) >= 11 is 6.07. The van der Waals surface area contributed by atoms with Gasteiger partial charge in [0.2, 0.25) is 0 Å². The molecule has 0 aliphatic carbocycles. The first-order chi connectivity index (χ1) is 10.3. The van der Waals surface area contributed by atoms with Crippen molar-refractivity contribution in [1.82, 2.24) is 15.0 Å². The summed E-state index contributed by atoms with van der Waals surface area (Å²) in [7, 11) is 0. The fourth-order valence-electron chi connectivity index (χ4n) is 2.48. The van der Waals surface area contributed by atoms with Crippen LogP contribution in [0.25, 0.3) is 0 Å². The van der Waals surface area contributed by atoms with Crippen molar-refractivity contribution in [1.29, 1.82) is 0 Å². The summed E-state index contributed by atoms with van der Waals surface area (Å²) in [6.07, 6.45) is 2.63. The summed E-state index contributed by atoms with van der Waals surface area (Å²) in [6.45, 7) is 5.72. The van der Waals surface area contributed by atoms with E-state index in [1.807, 2.05) is 37.4 Å². The Morgan fingerprint density at radius 3 is 2.38 bits per heavy atom. The molecular formula is C15H18ClN5. The molecule has 0 saturated carbocycles. The van der Waals surface area contributed by atoms with E-state index < -0.39 is 0 Å². The molecule has 2 aromatic heterocycles. The lowest BCUT2D eigenvalue weighted by atomic mass is 10.3. The summed E-state index contributed by atoms with van der Waals surface area (Å²) in [6, 6.07) is 7.85. The van der Waals surface area contributed by atoms with Gasteiger partial charge in [-0.1, -0.05) is 24.6 Å². The number of rotatable bonds is 3. The highest BCUT2D eigenvalue weighted by molar-refractivity contribution is 6.29. The van der Waals surface area contributed by atoms with Crippen LogP contribution in [-0.4, -0.2) is 41.1 Å². The fourth-order valence-corrected chi connectivity index (χ4v) is 2.67. The number of aryl methyl sites for hydroxylation is 1. The van der Waals surface area contributed by atoms with E-state index in [1.165, 1.54) is 0 Å². The molecular weight excluding hydrogens is 286 g/mol. The number of piperazine rings is 1. The average Bonchev–Trinajstić information content (AvgIpc) is 2.55. The molecule has 2 aromatic rings. The van der Waals surface area contributed by atoms with E-state index in [1.54, 1.807) is 0 Å². The van der Waals surface area contributed by atoms with Gasteiger partial charge in [0.1, 0.15) is 22.6 Å². The van der Waals surface area contributed by atoms with Crippen LogP contribution in [0.4, 0.5) is 11.6 Å². The van der Waals surface area contributed by atoms with Gasteiger partial charge >= 0.3 is 0 Å². The van der Waals surface area contributed by atoms with Crippen LogP contribution in [0.15, 0.2) is 30.5 Å². The van der Waals surface area contributed by atoms with Crippen LogP contribution in [-0.2, 0) is 6.42 Å². The van der Waals surface area contributed by atoms with Gasteiger partial charge in [0, 0.05) is 44.9 Å². The molecule has 21 heavy (non-hydrogen) atoms. The topological polar surface area (TPSA) is 45.2 Å². The summed E-state index contributed by atoms with van der Waals surface area (Å²) < 4.78 is 0. The van der Waals surface area contributed by atoms with E-state index in [2.05, 4.69) is 24.8 Å². The summed E-state index contributed by atoms with van der Waals surface area (Å²) in [5.41, 5.74) is 0. The molecule has 6 heteroatoms. The third-order valence-electron chi connectivity index (χ3n) is 3.62. The molecule has 0 amide bonds. The van der Waals surface area contributed by atoms with E-state index in [0.29, 0.717) is 5.15 Å². The largest absolute Gasteiger partial charge is 0.353 e. The molecule has 5 nitrogen and oxygen atoms in total. The van der Waals surface area contributed by atoms with Gasteiger partial charge in [-0.3, -0.25) is 0 Å². The van der Waals surface area contributed by atoms with Gasteiger partial charge in [-0.15, -0.1) is 0 Å². The second-order valence-electron chi connectivity index (χ2n) is 4.98. The SMILES string of the molecule is CCc1nc(Cl)cc(N2CCN(c3ccccn3)CC2)n1. The van der Waals surface area contributed by atoms with Crippen LogP contribution in [0.1, 0.15) is 12.7 Å². The van der Waals surface area contributed by atoms with Crippen LogP contribution < -0.4 is 9.80 Å². The second kappa shape index (κ2) is 6.26. The van der Waals surface area contributed by atoms with Crippen molar-refractivity contribution in [2.75, 3.05) is 36.0 Å². The minimum Gasteiger partial charge on any atom is -0.353 e. The highest BCUT2D eigenvalue weighted by Crippen LogP contribution is 2.20. The molecule has 0 N–H and O–H groups in total. The molecule has 0 unspecified atom stereocenters. The standard InChI is InChI=1S/C15H18ClN5/c1-2-13-18-12(16)11-15(19-13)21-9-7-20(8-10-21)14-5-3-4-6-17-14/h3-6,11H,2,7-10H2,1H3. The molecule has 0 radical (unpaired) electrons. The van der Waals surface area contributed by atoms with Crippen molar-refractivity contribution in [3.05, 3.63) is 41.4 Å². The molecule has 1 fully saturated rings. The quantitative estimate of drug-likeness (QED) is 0.815. The Morgan fingerprint density at radius 2 is 1.76 bits per heavy atom. The highest BCUT2D eigenvalue weighted by Gasteiger charge is 2.19. The van der Waals surface area contributed by atoms with Gasteiger partial charge in [-0.05, 0) is 12.1 Å². The molecule has 3 heterocycles. The van der Waals surface area contributed by atoms with E-state index >= 15 is 0 Å². The second-order valence-corrected chi connectivity index (χ2v) is 5.37. The van der Waals surface area contributed by atoms with Gasteiger partial charge in [-0.25, -0.2) is 15.0 Å². The number of pyridine rings is 1. The molecule has 0 atom stereocenters. The van der Waals surface area contributed by atoms with E-state index in [-0.39, 0.29) is 0 Å². The fraction of sp³-hybridized carbons (Fsp3) is 0.400. The molecule has 0 aromatic carbocycles. The van der Waals surface area contributed by atoms with Gasteiger partial charge in [0.05, 0.1) is 0 Å². The van der Waals surface area contributed by atoms with Crippen molar-refractivity contribution >= 4 is 23.2 Å². The van der Waals surface area contributed by atoms with Gasteiger partial charge in [0.25, 0.3) is 0 Å². The number of anilines is 2. The number of aromatic nitrogens is 3. The Kier molecular flexibility index (Phi) is 4.20. The van der Waals surface area contributed by atoms with Crippen LogP contribution in [0.3, 0.4) is 0 Å². The number of hydrogen-bond donors (Lipinski definition) is 0. The Morgan fingerprint density at radius 1 is 1.05 bits per heavy atom. The predicted octanol–water partition coefficient (Wildman–Crippen LogP) is 2.41. The normalized spacial score (nSPS) is 15.3. The van der Waals surface area contributed by atoms with Crippen molar-refractivity contribution in [3.8, 4) is 0 Å².